The predicted molar refractivity (Wildman–Crippen MR) is 95.7 cm³/mol. The second kappa shape index (κ2) is 7.65. The summed E-state index contributed by atoms with van der Waals surface area (Å²) >= 11 is 0. The molecular formula is C18H25N5O2. The summed E-state index contributed by atoms with van der Waals surface area (Å²) in [6.07, 6.45) is 3.71. The van der Waals surface area contributed by atoms with E-state index in [9.17, 15) is 4.79 Å². The molecule has 0 bridgehead atoms. The van der Waals surface area contributed by atoms with Gasteiger partial charge in [0.05, 0.1) is 19.4 Å². The number of pyridine rings is 1. The number of hydrogen-bond donors (Lipinski definition) is 1. The number of hydrogen-bond acceptors (Lipinski definition) is 5. The van der Waals surface area contributed by atoms with Crippen LogP contribution in [0, 0.1) is 12.8 Å². The summed E-state index contributed by atoms with van der Waals surface area (Å²) in [6, 6.07) is 5.37. The monoisotopic (exact) mass is 343 g/mol. The fourth-order valence-electron chi connectivity index (χ4n) is 2.82. The fraction of sp³-hybridized carbons (Fsp3) is 0.500. The van der Waals surface area contributed by atoms with Crippen LogP contribution in [0.1, 0.15) is 19.4 Å². The minimum Gasteiger partial charge on any atom is -0.378 e. The van der Waals surface area contributed by atoms with Gasteiger partial charge in [0.15, 0.2) is 5.82 Å². The SMILES string of the molecule is Cc1cnn(-c2cccc(N[C@H](C(=O)N3CCOCC3)C(C)C)n2)c1. The minimum atomic E-state index is -0.319. The Kier molecular flexibility index (Phi) is 5.33. The van der Waals surface area contributed by atoms with Crippen LogP contribution in [0.2, 0.25) is 0 Å². The van der Waals surface area contributed by atoms with Crippen LogP contribution in [0.5, 0.6) is 0 Å². The number of anilines is 1. The highest BCUT2D eigenvalue weighted by atomic mass is 16.5. The van der Waals surface area contributed by atoms with E-state index in [2.05, 4.69) is 15.4 Å². The highest BCUT2D eigenvalue weighted by Gasteiger charge is 2.28. The normalized spacial score (nSPS) is 16.1. The Balaban J connectivity index is 1.77. The maximum absolute atomic E-state index is 12.9. The molecule has 3 rings (SSSR count). The molecule has 1 aliphatic heterocycles. The summed E-state index contributed by atoms with van der Waals surface area (Å²) in [5, 5.41) is 7.60. The molecule has 1 aliphatic rings. The number of carbonyl (C=O) groups is 1. The van der Waals surface area contributed by atoms with Crippen LogP contribution >= 0.6 is 0 Å². The van der Waals surface area contributed by atoms with E-state index in [0.717, 1.165) is 11.4 Å². The molecule has 7 heteroatoms. The molecule has 25 heavy (non-hydrogen) atoms. The van der Waals surface area contributed by atoms with Gasteiger partial charge in [-0.15, -0.1) is 0 Å². The van der Waals surface area contributed by atoms with Crippen molar-refractivity contribution >= 4 is 11.7 Å². The largest absolute Gasteiger partial charge is 0.378 e. The van der Waals surface area contributed by atoms with Gasteiger partial charge in [0.2, 0.25) is 5.91 Å². The minimum absolute atomic E-state index is 0.0976. The summed E-state index contributed by atoms with van der Waals surface area (Å²) < 4.78 is 7.07. The maximum Gasteiger partial charge on any atom is 0.245 e. The van der Waals surface area contributed by atoms with Crippen LogP contribution in [-0.4, -0.2) is 57.9 Å². The Hall–Kier alpha value is -2.41. The molecule has 1 amide bonds. The predicted octanol–water partition coefficient (Wildman–Crippen LogP) is 1.87. The van der Waals surface area contributed by atoms with Crippen LogP contribution in [-0.2, 0) is 9.53 Å². The number of morpholine rings is 1. The lowest BCUT2D eigenvalue weighted by molar-refractivity contribution is -0.137. The lowest BCUT2D eigenvalue weighted by Crippen LogP contribution is -2.49. The van der Waals surface area contributed by atoms with Gasteiger partial charge in [-0.25, -0.2) is 9.67 Å². The Bertz CT molecular complexity index is 722. The summed E-state index contributed by atoms with van der Waals surface area (Å²) in [5.41, 5.74) is 1.07. The second-order valence-corrected chi connectivity index (χ2v) is 6.65. The van der Waals surface area contributed by atoms with Gasteiger partial charge in [-0.3, -0.25) is 4.79 Å². The van der Waals surface area contributed by atoms with Gasteiger partial charge in [0.25, 0.3) is 0 Å². The van der Waals surface area contributed by atoms with Crippen molar-refractivity contribution in [2.24, 2.45) is 5.92 Å². The smallest absolute Gasteiger partial charge is 0.245 e. The summed E-state index contributed by atoms with van der Waals surface area (Å²) in [5.74, 6) is 1.64. The van der Waals surface area contributed by atoms with E-state index in [1.807, 2.05) is 50.1 Å². The zero-order chi connectivity index (χ0) is 17.8. The average molecular weight is 343 g/mol. The number of nitrogens with zero attached hydrogens (tertiary/aromatic N) is 4. The van der Waals surface area contributed by atoms with Crippen LogP contribution in [0.4, 0.5) is 5.82 Å². The molecule has 0 radical (unpaired) electrons. The Morgan fingerprint density at radius 1 is 1.28 bits per heavy atom. The number of aromatic nitrogens is 3. The van der Waals surface area contributed by atoms with E-state index in [4.69, 9.17) is 4.74 Å². The zero-order valence-corrected chi connectivity index (χ0v) is 15.0. The first-order valence-electron chi connectivity index (χ1n) is 8.66. The third-order valence-electron chi connectivity index (χ3n) is 4.24. The average Bonchev–Trinajstić information content (AvgIpc) is 3.06. The van der Waals surface area contributed by atoms with Gasteiger partial charge < -0.3 is 15.0 Å². The van der Waals surface area contributed by atoms with Crippen molar-refractivity contribution in [2.45, 2.75) is 26.8 Å². The molecule has 0 spiro atoms. The van der Waals surface area contributed by atoms with Crippen molar-refractivity contribution in [3.63, 3.8) is 0 Å². The van der Waals surface area contributed by atoms with Crippen molar-refractivity contribution in [2.75, 3.05) is 31.6 Å². The van der Waals surface area contributed by atoms with Crippen LogP contribution in [0.25, 0.3) is 5.82 Å². The van der Waals surface area contributed by atoms with Crippen molar-refractivity contribution < 1.29 is 9.53 Å². The zero-order valence-electron chi connectivity index (χ0n) is 15.0. The number of amides is 1. The summed E-state index contributed by atoms with van der Waals surface area (Å²) in [7, 11) is 0. The lowest BCUT2D eigenvalue weighted by Gasteiger charge is -2.32. The molecule has 0 unspecified atom stereocenters. The standard InChI is InChI=1S/C18H25N5O2/c1-13(2)17(18(24)22-7-9-25-10-8-22)21-15-5-4-6-16(20-15)23-12-14(3)11-19-23/h4-6,11-13,17H,7-10H2,1-3H3,(H,20,21)/t17-/m0/s1. The Morgan fingerprint density at radius 3 is 2.68 bits per heavy atom. The number of rotatable bonds is 5. The van der Waals surface area contributed by atoms with E-state index in [0.29, 0.717) is 32.1 Å². The molecule has 2 aromatic rings. The summed E-state index contributed by atoms with van der Waals surface area (Å²) in [6.45, 7) is 8.55. The fourth-order valence-corrected chi connectivity index (χ4v) is 2.82. The molecule has 7 nitrogen and oxygen atoms in total. The van der Waals surface area contributed by atoms with Gasteiger partial charge in [-0.2, -0.15) is 5.10 Å². The molecule has 134 valence electrons. The Labute approximate surface area is 148 Å². The molecule has 2 aromatic heterocycles. The highest BCUT2D eigenvalue weighted by molar-refractivity contribution is 5.84. The molecule has 1 fully saturated rings. The quantitative estimate of drug-likeness (QED) is 0.897. The van der Waals surface area contributed by atoms with Crippen LogP contribution in [0.3, 0.4) is 0 Å². The molecule has 0 aliphatic carbocycles. The summed E-state index contributed by atoms with van der Waals surface area (Å²) in [4.78, 5) is 19.3. The first-order valence-corrected chi connectivity index (χ1v) is 8.66. The molecule has 0 aromatic carbocycles. The van der Waals surface area contributed by atoms with E-state index < -0.39 is 0 Å². The van der Waals surface area contributed by atoms with Gasteiger partial charge in [-0.1, -0.05) is 19.9 Å². The number of aryl methyl sites for hydroxylation is 1. The van der Waals surface area contributed by atoms with Gasteiger partial charge in [-0.05, 0) is 30.5 Å². The molecule has 1 saturated heterocycles. The van der Waals surface area contributed by atoms with Gasteiger partial charge in [0, 0.05) is 19.3 Å². The molecule has 3 heterocycles. The van der Waals surface area contributed by atoms with Crippen LogP contribution in [0.15, 0.2) is 30.6 Å². The number of carbonyl (C=O) groups excluding carboxylic acids is 1. The maximum atomic E-state index is 12.9. The third kappa shape index (κ3) is 4.17. The first-order chi connectivity index (χ1) is 12.0. The first kappa shape index (κ1) is 17.4. The molecule has 1 N–H and O–H groups in total. The van der Waals surface area contributed by atoms with Crippen molar-refractivity contribution in [3.05, 3.63) is 36.2 Å². The van der Waals surface area contributed by atoms with E-state index >= 15 is 0 Å². The van der Waals surface area contributed by atoms with Crippen molar-refractivity contribution in [1.82, 2.24) is 19.7 Å². The Morgan fingerprint density at radius 2 is 2.04 bits per heavy atom. The second-order valence-electron chi connectivity index (χ2n) is 6.65. The third-order valence-corrected chi connectivity index (χ3v) is 4.24. The number of nitrogens with one attached hydrogen (secondary N) is 1. The van der Waals surface area contributed by atoms with E-state index in [1.165, 1.54) is 0 Å². The lowest BCUT2D eigenvalue weighted by atomic mass is 10.0. The number of ether oxygens (including phenoxy) is 1. The van der Waals surface area contributed by atoms with Crippen LogP contribution < -0.4 is 5.32 Å². The van der Waals surface area contributed by atoms with E-state index in [-0.39, 0.29) is 17.9 Å². The van der Waals surface area contributed by atoms with Crippen molar-refractivity contribution in [1.29, 1.82) is 0 Å². The van der Waals surface area contributed by atoms with Gasteiger partial charge >= 0.3 is 0 Å². The molecular weight excluding hydrogens is 318 g/mol. The van der Waals surface area contributed by atoms with Crippen molar-refractivity contribution in [3.8, 4) is 5.82 Å². The highest BCUT2D eigenvalue weighted by Crippen LogP contribution is 2.16. The molecule has 1 atom stereocenters. The van der Waals surface area contributed by atoms with Gasteiger partial charge in [0.1, 0.15) is 11.9 Å². The van der Waals surface area contributed by atoms with E-state index in [1.54, 1.807) is 10.9 Å². The topological polar surface area (TPSA) is 72.3 Å². The molecule has 0 saturated carbocycles.